The average Bonchev–Trinajstić information content (AvgIpc) is 2.67. The van der Waals surface area contributed by atoms with E-state index in [1.165, 1.54) is 12.1 Å². The molecule has 0 aliphatic carbocycles. The molecule has 0 aromatic heterocycles. The molecule has 0 amide bonds. The molecule has 0 nitrogen and oxygen atoms in total. The van der Waals surface area contributed by atoms with E-state index in [0.717, 1.165) is 47.2 Å². The van der Waals surface area contributed by atoms with Gasteiger partial charge in [-0.25, -0.2) is 4.39 Å². The van der Waals surface area contributed by atoms with Crippen molar-refractivity contribution >= 4 is 0 Å². The summed E-state index contributed by atoms with van der Waals surface area (Å²) in [5, 5.41) is 0. The summed E-state index contributed by atoms with van der Waals surface area (Å²) in [6, 6.07) is 18.3. The summed E-state index contributed by atoms with van der Waals surface area (Å²) in [6.45, 7) is 2.06. The van der Waals surface area contributed by atoms with Crippen LogP contribution >= 0.6 is 0 Å². The Balaban J connectivity index is 1.65. The fourth-order valence-electron chi connectivity index (χ4n) is 3.24. The summed E-state index contributed by atoms with van der Waals surface area (Å²) in [7, 11) is 0. The quantitative estimate of drug-likeness (QED) is 0.391. The van der Waals surface area contributed by atoms with Crippen LogP contribution in [0.25, 0.3) is 11.1 Å². The highest BCUT2D eigenvalue weighted by Gasteiger charge is 2.29. The van der Waals surface area contributed by atoms with E-state index >= 15 is 0 Å². The van der Waals surface area contributed by atoms with Crippen LogP contribution in [-0.2, 0) is 25.4 Å². The van der Waals surface area contributed by atoms with Crippen LogP contribution in [0, 0.1) is 5.82 Å². The summed E-state index contributed by atoms with van der Waals surface area (Å²) in [5.41, 5.74) is 3.68. The monoisotopic (exact) mass is 386 g/mol. The smallest absolute Gasteiger partial charge is 0.206 e. The van der Waals surface area contributed by atoms with Gasteiger partial charge in [-0.1, -0.05) is 61.9 Å². The second-order valence-electron chi connectivity index (χ2n) is 6.96. The van der Waals surface area contributed by atoms with E-state index in [1.54, 1.807) is 6.07 Å². The Morgan fingerprint density at radius 1 is 0.679 bits per heavy atom. The lowest BCUT2D eigenvalue weighted by atomic mass is 9.98. The number of hydrogen-bond acceptors (Lipinski definition) is 0. The zero-order chi connectivity index (χ0) is 20.1. The minimum absolute atomic E-state index is 0.219. The maximum absolute atomic E-state index is 14.4. The average molecular weight is 386 g/mol. The lowest BCUT2D eigenvalue weighted by Gasteiger charge is -2.09. The lowest BCUT2D eigenvalue weighted by molar-refractivity contribution is -0.137. The van der Waals surface area contributed by atoms with Crippen molar-refractivity contribution < 1.29 is 17.6 Å². The number of benzene rings is 3. The molecule has 0 bridgehead atoms. The molecule has 0 fully saturated rings. The van der Waals surface area contributed by atoms with Gasteiger partial charge in [-0.3, -0.25) is 0 Å². The van der Waals surface area contributed by atoms with Crippen LogP contribution in [0.2, 0.25) is 0 Å². The fourth-order valence-corrected chi connectivity index (χ4v) is 3.24. The molecule has 146 valence electrons. The van der Waals surface area contributed by atoms with E-state index in [4.69, 9.17) is 0 Å². The van der Waals surface area contributed by atoms with Gasteiger partial charge in [-0.05, 0) is 59.7 Å². The fraction of sp³-hybridized carbons (Fsp3) is 0.250. The molecule has 0 saturated carbocycles. The van der Waals surface area contributed by atoms with E-state index < -0.39 is 11.7 Å². The molecule has 3 aromatic carbocycles. The molecule has 0 atom stereocenters. The van der Waals surface area contributed by atoms with Crippen LogP contribution < -0.4 is 0 Å². The Morgan fingerprint density at radius 2 is 1.21 bits per heavy atom. The standard InChI is InChI=1S/C24H22F4/c1-2-3-19-10-15-22(23(25)16-19)20-11-6-17(7-12-20)4-5-18-8-13-21(14-9-18)24(26,27)28/h6-16H,2-5H2,1H3. The number of alkyl halides is 3. The molecule has 3 aromatic rings. The summed E-state index contributed by atoms with van der Waals surface area (Å²) in [6.07, 6.45) is -1.11. The second kappa shape index (κ2) is 8.59. The number of rotatable bonds is 6. The number of halogens is 4. The third kappa shape index (κ3) is 5.00. The predicted molar refractivity (Wildman–Crippen MR) is 105 cm³/mol. The van der Waals surface area contributed by atoms with Crippen molar-refractivity contribution in [2.45, 2.75) is 38.8 Å². The largest absolute Gasteiger partial charge is 0.416 e. The Bertz CT molecular complexity index is 907. The number of hydrogen-bond donors (Lipinski definition) is 0. The topological polar surface area (TPSA) is 0 Å². The molecule has 0 unspecified atom stereocenters. The molecule has 0 saturated heterocycles. The van der Waals surface area contributed by atoms with Gasteiger partial charge in [0.2, 0.25) is 0 Å². The lowest BCUT2D eigenvalue weighted by Crippen LogP contribution is -2.04. The van der Waals surface area contributed by atoms with Crippen LogP contribution in [-0.4, -0.2) is 0 Å². The maximum atomic E-state index is 14.4. The molecule has 4 heteroatoms. The van der Waals surface area contributed by atoms with Gasteiger partial charge in [0.1, 0.15) is 5.82 Å². The molecule has 0 aliphatic heterocycles. The Morgan fingerprint density at radius 3 is 1.71 bits per heavy atom. The van der Waals surface area contributed by atoms with E-state index in [2.05, 4.69) is 6.92 Å². The third-order valence-corrected chi connectivity index (χ3v) is 4.82. The molecule has 3 rings (SSSR count). The van der Waals surface area contributed by atoms with Crippen LogP contribution in [0.4, 0.5) is 17.6 Å². The zero-order valence-corrected chi connectivity index (χ0v) is 15.7. The van der Waals surface area contributed by atoms with Gasteiger partial charge in [0, 0.05) is 5.56 Å². The normalized spacial score (nSPS) is 11.6. The molecule has 0 N–H and O–H groups in total. The summed E-state index contributed by atoms with van der Waals surface area (Å²) < 4.78 is 52.2. The highest BCUT2D eigenvalue weighted by atomic mass is 19.4. The van der Waals surface area contributed by atoms with Crippen molar-refractivity contribution in [3.8, 4) is 11.1 Å². The van der Waals surface area contributed by atoms with Crippen LogP contribution in [0.1, 0.15) is 35.6 Å². The zero-order valence-electron chi connectivity index (χ0n) is 15.7. The van der Waals surface area contributed by atoms with Crippen molar-refractivity contribution in [1.82, 2.24) is 0 Å². The summed E-state index contributed by atoms with van der Waals surface area (Å²) >= 11 is 0. The van der Waals surface area contributed by atoms with Gasteiger partial charge in [0.05, 0.1) is 5.56 Å². The maximum Gasteiger partial charge on any atom is 0.416 e. The van der Waals surface area contributed by atoms with Gasteiger partial charge in [-0.15, -0.1) is 0 Å². The van der Waals surface area contributed by atoms with Gasteiger partial charge in [0.15, 0.2) is 0 Å². The van der Waals surface area contributed by atoms with Crippen LogP contribution in [0.15, 0.2) is 66.7 Å². The molecule has 0 aliphatic rings. The van der Waals surface area contributed by atoms with Gasteiger partial charge in [-0.2, -0.15) is 13.2 Å². The van der Waals surface area contributed by atoms with Crippen LogP contribution in [0.3, 0.4) is 0 Å². The van der Waals surface area contributed by atoms with E-state index in [1.807, 2.05) is 36.4 Å². The highest BCUT2D eigenvalue weighted by Crippen LogP contribution is 2.29. The molecule has 0 radical (unpaired) electrons. The number of aryl methyl sites for hydroxylation is 3. The Hall–Kier alpha value is -2.62. The highest BCUT2D eigenvalue weighted by molar-refractivity contribution is 5.64. The van der Waals surface area contributed by atoms with Gasteiger partial charge in [0.25, 0.3) is 0 Å². The third-order valence-electron chi connectivity index (χ3n) is 4.82. The first-order chi connectivity index (χ1) is 13.4. The molecule has 28 heavy (non-hydrogen) atoms. The van der Waals surface area contributed by atoms with Crippen molar-refractivity contribution in [3.05, 3.63) is 94.8 Å². The molecular weight excluding hydrogens is 364 g/mol. The van der Waals surface area contributed by atoms with Crippen LogP contribution in [0.5, 0.6) is 0 Å². The van der Waals surface area contributed by atoms with Crippen molar-refractivity contribution in [1.29, 1.82) is 0 Å². The molecule has 0 spiro atoms. The van der Waals surface area contributed by atoms with E-state index in [0.29, 0.717) is 18.4 Å². The van der Waals surface area contributed by atoms with Crippen molar-refractivity contribution in [2.24, 2.45) is 0 Å². The first-order valence-corrected chi connectivity index (χ1v) is 9.40. The predicted octanol–water partition coefficient (Wildman–Crippen LogP) is 7.25. The minimum Gasteiger partial charge on any atom is -0.206 e. The van der Waals surface area contributed by atoms with Gasteiger partial charge < -0.3 is 0 Å². The summed E-state index contributed by atoms with van der Waals surface area (Å²) in [5.74, 6) is -0.219. The first kappa shape index (κ1) is 20.1. The first-order valence-electron chi connectivity index (χ1n) is 9.40. The minimum atomic E-state index is -4.31. The van der Waals surface area contributed by atoms with Crippen molar-refractivity contribution in [2.75, 3.05) is 0 Å². The van der Waals surface area contributed by atoms with Gasteiger partial charge >= 0.3 is 6.18 Å². The molecular formula is C24H22F4. The molecule has 0 heterocycles. The Kier molecular flexibility index (Phi) is 6.18. The SMILES string of the molecule is CCCc1ccc(-c2ccc(CCc3ccc(C(F)(F)F)cc3)cc2)c(F)c1. The van der Waals surface area contributed by atoms with E-state index in [-0.39, 0.29) is 5.82 Å². The second-order valence-corrected chi connectivity index (χ2v) is 6.96. The Labute approximate surface area is 162 Å². The van der Waals surface area contributed by atoms with E-state index in [9.17, 15) is 17.6 Å². The summed E-state index contributed by atoms with van der Waals surface area (Å²) in [4.78, 5) is 0. The van der Waals surface area contributed by atoms with Crippen molar-refractivity contribution in [3.63, 3.8) is 0 Å².